The van der Waals surface area contributed by atoms with Crippen LogP contribution >= 0.6 is 0 Å². The van der Waals surface area contributed by atoms with E-state index in [2.05, 4.69) is 64.0 Å². The Labute approximate surface area is 133 Å². The monoisotopic (exact) mass is 297 g/mol. The highest BCUT2D eigenvalue weighted by Crippen LogP contribution is 2.39. The fourth-order valence-electron chi connectivity index (χ4n) is 3.60. The largest absolute Gasteiger partial charge is 0.311 e. The smallest absolute Gasteiger partial charge is 0.0106 e. The van der Waals surface area contributed by atoms with Crippen LogP contribution in [0.4, 0.5) is 0 Å². The third kappa shape index (κ3) is 7.62. The van der Waals surface area contributed by atoms with E-state index < -0.39 is 0 Å². The number of nitrogens with one attached hydrogen (secondary N) is 1. The summed E-state index contributed by atoms with van der Waals surface area (Å²) in [6.45, 7) is 14.0. The highest BCUT2D eigenvalue weighted by molar-refractivity contribution is 4.91. The molecule has 0 aromatic heterocycles. The fraction of sp³-hybridized carbons (Fsp3) is 1.00. The Bertz CT molecular complexity index is 295. The number of hydrogen-bond donors (Lipinski definition) is 1. The van der Waals surface area contributed by atoms with Crippen molar-refractivity contribution in [2.24, 2.45) is 11.3 Å². The van der Waals surface area contributed by atoms with Gasteiger partial charge in [-0.2, -0.15) is 0 Å². The molecule has 1 aliphatic rings. The number of nitrogens with zero attached hydrogens (tertiary/aromatic N) is 2. The van der Waals surface area contributed by atoms with E-state index in [4.69, 9.17) is 0 Å². The van der Waals surface area contributed by atoms with E-state index >= 15 is 0 Å². The van der Waals surface area contributed by atoms with Crippen LogP contribution in [0.5, 0.6) is 0 Å². The summed E-state index contributed by atoms with van der Waals surface area (Å²) in [6, 6.07) is 0. The van der Waals surface area contributed by atoms with Gasteiger partial charge in [-0.1, -0.05) is 19.8 Å². The second-order valence-corrected chi connectivity index (χ2v) is 8.85. The summed E-state index contributed by atoms with van der Waals surface area (Å²) < 4.78 is 0. The van der Waals surface area contributed by atoms with Crippen molar-refractivity contribution in [3.8, 4) is 0 Å². The average Bonchev–Trinajstić information content (AvgIpc) is 2.33. The summed E-state index contributed by atoms with van der Waals surface area (Å²) in [5.41, 5.74) is 0.682. The van der Waals surface area contributed by atoms with E-state index in [1.165, 1.54) is 38.8 Å². The first kappa shape index (κ1) is 18.9. The van der Waals surface area contributed by atoms with Crippen LogP contribution in [0.3, 0.4) is 0 Å². The predicted octanol–water partition coefficient (Wildman–Crippen LogP) is 3.06. The summed E-state index contributed by atoms with van der Waals surface area (Å²) in [5.74, 6) is 0.878. The molecule has 1 saturated carbocycles. The first-order valence-corrected chi connectivity index (χ1v) is 8.70. The molecule has 0 heterocycles. The molecule has 0 saturated heterocycles. The lowest BCUT2D eigenvalue weighted by molar-refractivity contribution is 0.0820. The fourth-order valence-corrected chi connectivity index (χ4v) is 3.60. The minimum atomic E-state index is 0.218. The van der Waals surface area contributed by atoms with Crippen molar-refractivity contribution < 1.29 is 0 Å². The second-order valence-electron chi connectivity index (χ2n) is 8.85. The van der Waals surface area contributed by atoms with Crippen molar-refractivity contribution in [2.75, 3.05) is 47.3 Å². The standard InChI is InChI=1S/C18H39N3/c1-16-9-8-10-18(13-16,14-19-17(2,3)4)15-21(7)12-11-20(5)6/h16,19H,8-15H2,1-7H3. The van der Waals surface area contributed by atoms with Crippen molar-refractivity contribution in [2.45, 2.75) is 58.9 Å². The number of likely N-dealkylation sites (N-methyl/N-ethyl adjacent to an activating group) is 2. The first-order chi connectivity index (χ1) is 9.62. The molecule has 21 heavy (non-hydrogen) atoms. The SMILES string of the molecule is CC1CCCC(CNC(C)(C)C)(CN(C)CCN(C)C)C1. The van der Waals surface area contributed by atoms with Crippen LogP contribution in [0.15, 0.2) is 0 Å². The maximum Gasteiger partial charge on any atom is 0.0106 e. The van der Waals surface area contributed by atoms with Gasteiger partial charge in [0.1, 0.15) is 0 Å². The number of rotatable bonds is 7. The van der Waals surface area contributed by atoms with Gasteiger partial charge in [0.15, 0.2) is 0 Å². The maximum absolute atomic E-state index is 3.79. The molecular formula is C18H39N3. The molecule has 1 rings (SSSR count). The van der Waals surface area contributed by atoms with Gasteiger partial charge in [0.2, 0.25) is 0 Å². The topological polar surface area (TPSA) is 18.5 Å². The Balaban J connectivity index is 2.63. The third-order valence-electron chi connectivity index (χ3n) is 4.71. The van der Waals surface area contributed by atoms with Gasteiger partial charge >= 0.3 is 0 Å². The lowest BCUT2D eigenvalue weighted by atomic mass is 9.69. The zero-order valence-corrected chi connectivity index (χ0v) is 15.6. The van der Waals surface area contributed by atoms with Gasteiger partial charge in [-0.25, -0.2) is 0 Å². The van der Waals surface area contributed by atoms with Gasteiger partial charge in [-0.05, 0) is 66.1 Å². The molecule has 1 N–H and O–H groups in total. The molecule has 1 aliphatic carbocycles. The Morgan fingerprint density at radius 2 is 1.81 bits per heavy atom. The van der Waals surface area contributed by atoms with E-state index in [1.807, 2.05) is 0 Å². The van der Waals surface area contributed by atoms with E-state index in [0.717, 1.165) is 19.0 Å². The molecule has 0 spiro atoms. The van der Waals surface area contributed by atoms with Crippen LogP contribution in [-0.4, -0.2) is 62.7 Å². The summed E-state index contributed by atoms with van der Waals surface area (Å²) in [4.78, 5) is 4.82. The minimum Gasteiger partial charge on any atom is -0.311 e. The van der Waals surface area contributed by atoms with Gasteiger partial charge in [0.05, 0.1) is 0 Å². The first-order valence-electron chi connectivity index (χ1n) is 8.70. The van der Waals surface area contributed by atoms with Gasteiger partial charge in [-0.15, -0.1) is 0 Å². The molecule has 0 bridgehead atoms. The quantitative estimate of drug-likeness (QED) is 0.779. The van der Waals surface area contributed by atoms with Crippen molar-refractivity contribution in [3.63, 3.8) is 0 Å². The predicted molar refractivity (Wildman–Crippen MR) is 93.9 cm³/mol. The summed E-state index contributed by atoms with van der Waals surface area (Å²) in [6.07, 6.45) is 5.57. The molecular weight excluding hydrogens is 258 g/mol. The molecule has 0 amide bonds. The van der Waals surface area contributed by atoms with Crippen molar-refractivity contribution >= 4 is 0 Å². The van der Waals surface area contributed by atoms with Crippen LogP contribution in [0.2, 0.25) is 0 Å². The van der Waals surface area contributed by atoms with Gasteiger partial charge in [-0.3, -0.25) is 0 Å². The normalized spacial score (nSPS) is 27.6. The molecule has 126 valence electrons. The van der Waals surface area contributed by atoms with Crippen LogP contribution in [0, 0.1) is 11.3 Å². The summed E-state index contributed by atoms with van der Waals surface area (Å²) in [5, 5.41) is 3.79. The van der Waals surface area contributed by atoms with Gasteiger partial charge < -0.3 is 15.1 Å². The summed E-state index contributed by atoms with van der Waals surface area (Å²) in [7, 11) is 6.61. The molecule has 0 aromatic carbocycles. The third-order valence-corrected chi connectivity index (χ3v) is 4.71. The highest BCUT2D eigenvalue weighted by atomic mass is 15.2. The van der Waals surface area contributed by atoms with Crippen LogP contribution in [-0.2, 0) is 0 Å². The van der Waals surface area contributed by atoms with E-state index in [9.17, 15) is 0 Å². The minimum absolute atomic E-state index is 0.218. The van der Waals surface area contributed by atoms with Crippen molar-refractivity contribution in [1.29, 1.82) is 0 Å². The highest BCUT2D eigenvalue weighted by Gasteiger charge is 2.36. The summed E-state index contributed by atoms with van der Waals surface area (Å²) >= 11 is 0. The van der Waals surface area contributed by atoms with E-state index in [0.29, 0.717) is 5.41 Å². The molecule has 2 unspecified atom stereocenters. The lowest BCUT2D eigenvalue weighted by Gasteiger charge is -2.44. The number of hydrogen-bond acceptors (Lipinski definition) is 3. The van der Waals surface area contributed by atoms with Gasteiger partial charge in [0, 0.05) is 31.7 Å². The Morgan fingerprint density at radius 3 is 2.33 bits per heavy atom. The van der Waals surface area contributed by atoms with E-state index in [1.54, 1.807) is 0 Å². The molecule has 0 radical (unpaired) electrons. The molecule has 3 heteroatoms. The Morgan fingerprint density at radius 1 is 1.14 bits per heavy atom. The van der Waals surface area contributed by atoms with Crippen LogP contribution in [0.1, 0.15) is 53.4 Å². The van der Waals surface area contributed by atoms with Crippen molar-refractivity contribution in [3.05, 3.63) is 0 Å². The maximum atomic E-state index is 3.79. The molecule has 3 nitrogen and oxygen atoms in total. The van der Waals surface area contributed by atoms with E-state index in [-0.39, 0.29) is 5.54 Å². The lowest BCUT2D eigenvalue weighted by Crippen LogP contribution is -2.50. The van der Waals surface area contributed by atoms with Crippen LogP contribution < -0.4 is 5.32 Å². The zero-order valence-electron chi connectivity index (χ0n) is 15.6. The van der Waals surface area contributed by atoms with Crippen LogP contribution in [0.25, 0.3) is 0 Å². The Hall–Kier alpha value is -0.120. The molecule has 1 fully saturated rings. The zero-order chi connectivity index (χ0) is 16.1. The Kier molecular flexibility index (Phi) is 7.15. The van der Waals surface area contributed by atoms with Crippen molar-refractivity contribution in [1.82, 2.24) is 15.1 Å². The molecule has 2 atom stereocenters. The molecule has 0 aromatic rings. The van der Waals surface area contributed by atoms with Gasteiger partial charge in [0.25, 0.3) is 0 Å². The second kappa shape index (κ2) is 7.94. The molecule has 0 aliphatic heterocycles. The average molecular weight is 298 g/mol.